The molecule has 0 aromatic heterocycles. The van der Waals surface area contributed by atoms with E-state index in [1.165, 1.54) is 18.0 Å². The Morgan fingerprint density at radius 3 is 2.89 bits per heavy atom. The summed E-state index contributed by atoms with van der Waals surface area (Å²) in [7, 11) is 0. The summed E-state index contributed by atoms with van der Waals surface area (Å²) in [5, 5.41) is 5.28. The Kier molecular flexibility index (Phi) is 3.19. The highest BCUT2D eigenvalue weighted by molar-refractivity contribution is 6.08. The van der Waals surface area contributed by atoms with Gasteiger partial charge in [0.1, 0.15) is 0 Å². The molecule has 2 N–H and O–H groups in total. The van der Waals surface area contributed by atoms with Gasteiger partial charge in [-0.2, -0.15) is 13.2 Å². The molecule has 0 radical (unpaired) electrons. The smallest absolute Gasteiger partial charge is 0.387 e. The lowest BCUT2D eigenvalue weighted by atomic mass is 10.1. The second kappa shape index (κ2) is 4.43. The van der Waals surface area contributed by atoms with Crippen LogP contribution in [0.25, 0.3) is 0 Å². The quantitative estimate of drug-likeness (QED) is 0.776. The fourth-order valence-corrected chi connectivity index (χ4v) is 2.24. The molecule has 0 saturated heterocycles. The Hall–Kier alpha value is -1.73. The van der Waals surface area contributed by atoms with E-state index in [1.54, 1.807) is 6.92 Å². The zero-order chi connectivity index (χ0) is 14.3. The van der Waals surface area contributed by atoms with Gasteiger partial charge in [0.25, 0.3) is 5.91 Å². The standard InChI is InChI=1S/C11H15F3N4O/c1-3-16-9(19)10(2)17-8(11(12,13)14)7-6-15-4-5-18(7)10/h6,15H,3-5H2,1-2H3,(H,16,19). The molecule has 5 nitrogen and oxygen atoms in total. The summed E-state index contributed by atoms with van der Waals surface area (Å²) >= 11 is 0. The molecule has 0 aromatic carbocycles. The van der Waals surface area contributed by atoms with E-state index < -0.39 is 23.5 Å². The van der Waals surface area contributed by atoms with Crippen molar-refractivity contribution >= 4 is 11.6 Å². The van der Waals surface area contributed by atoms with Crippen LogP contribution >= 0.6 is 0 Å². The van der Waals surface area contributed by atoms with E-state index in [0.29, 0.717) is 19.6 Å². The summed E-state index contributed by atoms with van der Waals surface area (Å²) in [6.07, 6.45) is -3.31. The number of allylic oxidation sites excluding steroid dienone is 1. The van der Waals surface area contributed by atoms with Crippen LogP contribution in [0.2, 0.25) is 0 Å². The summed E-state index contributed by atoms with van der Waals surface area (Å²) in [6, 6.07) is 0. The summed E-state index contributed by atoms with van der Waals surface area (Å²) in [5.41, 5.74) is -2.62. The third-order valence-corrected chi connectivity index (χ3v) is 3.14. The van der Waals surface area contributed by atoms with Gasteiger partial charge in [-0.1, -0.05) is 0 Å². The Morgan fingerprint density at radius 2 is 2.32 bits per heavy atom. The van der Waals surface area contributed by atoms with Gasteiger partial charge in [0.05, 0.1) is 5.70 Å². The Labute approximate surface area is 108 Å². The van der Waals surface area contributed by atoms with Crippen molar-refractivity contribution in [2.45, 2.75) is 25.7 Å². The molecule has 1 amide bonds. The molecule has 1 unspecified atom stereocenters. The van der Waals surface area contributed by atoms with Crippen molar-refractivity contribution in [3.63, 3.8) is 0 Å². The molecule has 8 heteroatoms. The van der Waals surface area contributed by atoms with Gasteiger partial charge in [0, 0.05) is 25.8 Å². The Morgan fingerprint density at radius 1 is 1.63 bits per heavy atom. The third kappa shape index (κ3) is 2.15. The molecule has 2 aliphatic rings. The first-order valence-electron chi connectivity index (χ1n) is 5.97. The number of hydrogen-bond donors (Lipinski definition) is 2. The first kappa shape index (κ1) is 13.7. The van der Waals surface area contributed by atoms with E-state index in [0.717, 1.165) is 0 Å². The van der Waals surface area contributed by atoms with Crippen LogP contribution in [0.5, 0.6) is 0 Å². The number of nitrogens with zero attached hydrogens (tertiary/aromatic N) is 2. The lowest BCUT2D eigenvalue weighted by Crippen LogP contribution is -2.55. The van der Waals surface area contributed by atoms with Gasteiger partial charge < -0.3 is 15.5 Å². The second-order valence-electron chi connectivity index (χ2n) is 4.47. The topological polar surface area (TPSA) is 56.7 Å². The fourth-order valence-electron chi connectivity index (χ4n) is 2.24. The molecule has 0 saturated carbocycles. The van der Waals surface area contributed by atoms with Crippen LogP contribution in [-0.2, 0) is 4.79 Å². The third-order valence-electron chi connectivity index (χ3n) is 3.14. The molecule has 0 spiro atoms. The maximum absolute atomic E-state index is 13.0. The van der Waals surface area contributed by atoms with Crippen LogP contribution in [0.15, 0.2) is 16.9 Å². The molecule has 0 aromatic rings. The van der Waals surface area contributed by atoms with Crippen molar-refractivity contribution in [1.82, 2.24) is 15.5 Å². The molecule has 0 fully saturated rings. The van der Waals surface area contributed by atoms with E-state index in [4.69, 9.17) is 0 Å². The van der Waals surface area contributed by atoms with Crippen LogP contribution in [0.4, 0.5) is 13.2 Å². The molecule has 1 atom stereocenters. The number of alkyl halides is 3. The van der Waals surface area contributed by atoms with Crippen molar-refractivity contribution in [3.05, 3.63) is 11.9 Å². The number of amides is 1. The van der Waals surface area contributed by atoms with E-state index in [-0.39, 0.29) is 5.70 Å². The number of nitrogens with one attached hydrogen (secondary N) is 2. The number of halogens is 3. The van der Waals surface area contributed by atoms with Crippen LogP contribution in [0.3, 0.4) is 0 Å². The van der Waals surface area contributed by atoms with Gasteiger partial charge in [-0.05, 0) is 13.8 Å². The molecule has 2 heterocycles. The van der Waals surface area contributed by atoms with E-state index in [1.807, 2.05) is 0 Å². The lowest BCUT2D eigenvalue weighted by Gasteiger charge is -2.36. The summed E-state index contributed by atoms with van der Waals surface area (Å²) in [4.78, 5) is 17.1. The van der Waals surface area contributed by atoms with E-state index >= 15 is 0 Å². The summed E-state index contributed by atoms with van der Waals surface area (Å²) in [5.74, 6) is -0.526. The van der Waals surface area contributed by atoms with E-state index in [9.17, 15) is 18.0 Å². The monoisotopic (exact) mass is 276 g/mol. The van der Waals surface area contributed by atoms with Crippen LogP contribution in [0.1, 0.15) is 13.8 Å². The van der Waals surface area contributed by atoms with Gasteiger partial charge in [0.15, 0.2) is 5.71 Å². The predicted molar refractivity (Wildman–Crippen MR) is 63.4 cm³/mol. The minimum Gasteiger partial charge on any atom is -0.387 e. The zero-order valence-corrected chi connectivity index (χ0v) is 10.6. The zero-order valence-electron chi connectivity index (χ0n) is 10.6. The van der Waals surface area contributed by atoms with Crippen LogP contribution in [0, 0.1) is 0 Å². The average molecular weight is 276 g/mol. The molecule has 0 aliphatic carbocycles. The van der Waals surface area contributed by atoms with Crippen molar-refractivity contribution in [1.29, 1.82) is 0 Å². The van der Waals surface area contributed by atoms with Gasteiger partial charge in [-0.25, -0.2) is 4.99 Å². The number of carbonyl (C=O) groups excluding carboxylic acids is 1. The van der Waals surface area contributed by atoms with Crippen LogP contribution in [-0.4, -0.2) is 48.0 Å². The minimum atomic E-state index is -4.58. The number of hydrogen-bond acceptors (Lipinski definition) is 4. The number of fused-ring (bicyclic) bond motifs is 1. The SMILES string of the molecule is CCNC(=O)C1(C)N=C(C(F)(F)F)C2=CNCCN21. The first-order chi connectivity index (χ1) is 8.80. The summed E-state index contributed by atoms with van der Waals surface area (Å²) < 4.78 is 38.9. The maximum atomic E-state index is 13.0. The molecule has 2 rings (SSSR count). The number of likely N-dealkylation sites (N-methyl/N-ethyl adjacent to an activating group) is 1. The largest absolute Gasteiger partial charge is 0.435 e. The normalized spacial score (nSPS) is 26.3. The van der Waals surface area contributed by atoms with Crippen LogP contribution < -0.4 is 10.6 Å². The highest BCUT2D eigenvalue weighted by Crippen LogP contribution is 2.37. The summed E-state index contributed by atoms with van der Waals surface area (Å²) in [6.45, 7) is 4.22. The van der Waals surface area contributed by atoms with E-state index in [2.05, 4.69) is 15.6 Å². The number of rotatable bonds is 2. The van der Waals surface area contributed by atoms with Gasteiger partial charge >= 0.3 is 6.18 Å². The Bertz CT molecular complexity index is 457. The Balaban J connectivity index is 2.45. The van der Waals surface area contributed by atoms with Crippen molar-refractivity contribution in [2.24, 2.45) is 4.99 Å². The molecule has 106 valence electrons. The van der Waals surface area contributed by atoms with Crippen molar-refractivity contribution in [2.75, 3.05) is 19.6 Å². The molecule has 0 bridgehead atoms. The molecule has 19 heavy (non-hydrogen) atoms. The van der Waals surface area contributed by atoms with Gasteiger partial charge in [-0.3, -0.25) is 4.79 Å². The molecular formula is C11H15F3N4O. The molecule has 2 aliphatic heterocycles. The second-order valence-corrected chi connectivity index (χ2v) is 4.47. The fraction of sp³-hybridized carbons (Fsp3) is 0.636. The average Bonchev–Trinajstić information content (AvgIpc) is 2.65. The van der Waals surface area contributed by atoms with Gasteiger partial charge in [0.2, 0.25) is 5.66 Å². The van der Waals surface area contributed by atoms with Crippen molar-refractivity contribution in [3.8, 4) is 0 Å². The predicted octanol–water partition coefficient (Wildman–Crippen LogP) is 0.602. The highest BCUT2D eigenvalue weighted by atomic mass is 19.4. The number of carbonyl (C=O) groups is 1. The maximum Gasteiger partial charge on any atom is 0.435 e. The molecular weight excluding hydrogens is 261 g/mol. The number of aliphatic imine (C=N–C) groups is 1. The minimum absolute atomic E-state index is 0.0764. The lowest BCUT2D eigenvalue weighted by molar-refractivity contribution is -0.130. The van der Waals surface area contributed by atoms with Gasteiger partial charge in [-0.15, -0.1) is 0 Å². The highest BCUT2D eigenvalue weighted by Gasteiger charge is 2.54. The van der Waals surface area contributed by atoms with Crippen molar-refractivity contribution < 1.29 is 18.0 Å². The first-order valence-corrected chi connectivity index (χ1v) is 5.97.